The Morgan fingerprint density at radius 1 is 1.00 bits per heavy atom. The van der Waals surface area contributed by atoms with Gasteiger partial charge in [0.05, 0.1) is 4.88 Å². The lowest BCUT2D eigenvalue weighted by atomic mass is 10.1. The van der Waals surface area contributed by atoms with Crippen LogP contribution in [0.25, 0.3) is 10.6 Å². The van der Waals surface area contributed by atoms with E-state index in [-0.39, 0.29) is 6.03 Å². The molecule has 2 amide bonds. The second kappa shape index (κ2) is 7.98. The molecule has 1 aliphatic heterocycles. The Balaban J connectivity index is 1.33. The van der Waals surface area contributed by atoms with Gasteiger partial charge in [0.2, 0.25) is 0 Å². The summed E-state index contributed by atoms with van der Waals surface area (Å²) in [5.41, 5.74) is 4.13. The molecule has 1 aromatic carbocycles. The molecule has 1 fully saturated rings. The lowest BCUT2D eigenvalue weighted by Crippen LogP contribution is -2.50. The number of hydrogen-bond donors (Lipinski definition) is 1. The summed E-state index contributed by atoms with van der Waals surface area (Å²) < 4.78 is 0. The molecular weight excluding hydrogens is 370 g/mol. The highest BCUT2D eigenvalue weighted by atomic mass is 32.1. The van der Waals surface area contributed by atoms with E-state index in [0.717, 1.165) is 35.2 Å². The van der Waals surface area contributed by atoms with Crippen LogP contribution in [0.3, 0.4) is 0 Å². The van der Waals surface area contributed by atoms with Gasteiger partial charge in [0, 0.05) is 31.9 Å². The number of amides is 2. The van der Waals surface area contributed by atoms with E-state index in [4.69, 9.17) is 0 Å². The van der Waals surface area contributed by atoms with Crippen molar-refractivity contribution in [2.45, 2.75) is 13.8 Å². The number of nitrogens with one attached hydrogen (secondary N) is 1. The smallest absolute Gasteiger partial charge is 0.321 e. The lowest BCUT2D eigenvalue weighted by Gasteiger charge is -2.35. The van der Waals surface area contributed by atoms with Crippen LogP contribution in [-0.2, 0) is 0 Å². The molecule has 0 saturated carbocycles. The van der Waals surface area contributed by atoms with Crippen LogP contribution in [0.1, 0.15) is 11.1 Å². The first-order valence-corrected chi connectivity index (χ1v) is 10.2. The minimum Gasteiger partial charge on any atom is -0.352 e. The summed E-state index contributed by atoms with van der Waals surface area (Å²) in [6.07, 6.45) is 0. The highest BCUT2D eigenvalue weighted by Gasteiger charge is 2.22. The summed E-state index contributed by atoms with van der Waals surface area (Å²) in [5.74, 6) is 0.856. The van der Waals surface area contributed by atoms with E-state index in [0.29, 0.717) is 13.1 Å². The van der Waals surface area contributed by atoms with E-state index in [1.165, 1.54) is 11.1 Å². The SMILES string of the molecule is Cc1ccc(NC(=O)N2CCN(c3ccc(-c4cccs4)nn3)CC2)cc1C. The van der Waals surface area contributed by atoms with Gasteiger partial charge in [-0.3, -0.25) is 0 Å². The van der Waals surface area contributed by atoms with Crippen molar-refractivity contribution in [1.82, 2.24) is 15.1 Å². The molecule has 0 spiro atoms. The van der Waals surface area contributed by atoms with E-state index in [9.17, 15) is 4.79 Å². The van der Waals surface area contributed by atoms with Crippen LogP contribution in [0.4, 0.5) is 16.3 Å². The number of aromatic nitrogens is 2. The predicted molar refractivity (Wildman–Crippen MR) is 114 cm³/mol. The number of benzene rings is 1. The molecule has 7 heteroatoms. The molecule has 0 atom stereocenters. The molecule has 28 heavy (non-hydrogen) atoms. The van der Waals surface area contributed by atoms with E-state index >= 15 is 0 Å². The Hall–Kier alpha value is -2.93. The number of carbonyl (C=O) groups is 1. The van der Waals surface area contributed by atoms with Crippen molar-refractivity contribution in [3.63, 3.8) is 0 Å². The largest absolute Gasteiger partial charge is 0.352 e. The quantitative estimate of drug-likeness (QED) is 0.725. The average Bonchev–Trinajstić information content (AvgIpc) is 3.26. The number of aryl methyl sites for hydroxylation is 2. The number of hydrogen-bond acceptors (Lipinski definition) is 5. The fourth-order valence-corrected chi connectivity index (χ4v) is 3.90. The Morgan fingerprint density at radius 2 is 1.82 bits per heavy atom. The summed E-state index contributed by atoms with van der Waals surface area (Å²) in [6.45, 7) is 6.92. The molecule has 3 heterocycles. The summed E-state index contributed by atoms with van der Waals surface area (Å²) in [7, 11) is 0. The highest BCUT2D eigenvalue weighted by molar-refractivity contribution is 7.13. The van der Waals surface area contributed by atoms with Gasteiger partial charge in [0.25, 0.3) is 0 Å². The zero-order chi connectivity index (χ0) is 19.5. The van der Waals surface area contributed by atoms with Crippen molar-refractivity contribution in [3.8, 4) is 10.6 Å². The van der Waals surface area contributed by atoms with Crippen molar-refractivity contribution in [3.05, 3.63) is 59.0 Å². The molecule has 1 aliphatic rings. The number of anilines is 2. The molecule has 6 nitrogen and oxygen atoms in total. The van der Waals surface area contributed by atoms with Crippen LogP contribution in [-0.4, -0.2) is 47.3 Å². The van der Waals surface area contributed by atoms with Gasteiger partial charge in [-0.1, -0.05) is 12.1 Å². The maximum atomic E-state index is 12.6. The van der Waals surface area contributed by atoms with Gasteiger partial charge < -0.3 is 15.1 Å². The molecule has 4 rings (SSSR count). The second-order valence-electron chi connectivity index (χ2n) is 6.96. The minimum atomic E-state index is -0.0537. The fraction of sp³-hybridized carbons (Fsp3) is 0.286. The van der Waals surface area contributed by atoms with Gasteiger partial charge in [-0.25, -0.2) is 4.79 Å². The third-order valence-corrected chi connectivity index (χ3v) is 5.97. The van der Waals surface area contributed by atoms with Crippen LogP contribution in [0.15, 0.2) is 47.8 Å². The Bertz CT molecular complexity index is 947. The van der Waals surface area contributed by atoms with Gasteiger partial charge in [0.1, 0.15) is 5.69 Å². The molecule has 0 bridgehead atoms. The van der Waals surface area contributed by atoms with Gasteiger partial charge in [0.15, 0.2) is 5.82 Å². The molecule has 144 valence electrons. The topological polar surface area (TPSA) is 61.4 Å². The van der Waals surface area contributed by atoms with Crippen LogP contribution < -0.4 is 10.2 Å². The number of carbonyl (C=O) groups excluding carboxylic acids is 1. The summed E-state index contributed by atoms with van der Waals surface area (Å²) in [5, 5.41) is 13.8. The number of nitrogens with zero attached hydrogens (tertiary/aromatic N) is 4. The molecule has 3 aromatic rings. The van der Waals surface area contributed by atoms with Gasteiger partial charge in [-0.2, -0.15) is 0 Å². The van der Waals surface area contributed by atoms with Gasteiger partial charge in [-0.15, -0.1) is 21.5 Å². The Kier molecular flexibility index (Phi) is 5.25. The van der Waals surface area contributed by atoms with E-state index in [2.05, 4.69) is 34.3 Å². The van der Waals surface area contributed by atoms with Crippen molar-refractivity contribution in [2.75, 3.05) is 36.4 Å². The molecule has 1 saturated heterocycles. The molecule has 0 radical (unpaired) electrons. The minimum absolute atomic E-state index is 0.0537. The van der Waals surface area contributed by atoms with Crippen molar-refractivity contribution in [1.29, 1.82) is 0 Å². The third kappa shape index (κ3) is 3.99. The first-order chi connectivity index (χ1) is 13.6. The monoisotopic (exact) mass is 393 g/mol. The maximum Gasteiger partial charge on any atom is 0.321 e. The Morgan fingerprint density at radius 3 is 2.46 bits per heavy atom. The molecular formula is C21H23N5OS. The molecule has 0 unspecified atom stereocenters. The van der Waals surface area contributed by atoms with Crippen LogP contribution in [0, 0.1) is 13.8 Å². The number of rotatable bonds is 3. The van der Waals surface area contributed by atoms with E-state index in [1.807, 2.05) is 52.7 Å². The number of thiophene rings is 1. The van der Waals surface area contributed by atoms with Crippen molar-refractivity contribution < 1.29 is 4.79 Å². The normalized spacial score (nSPS) is 14.2. The summed E-state index contributed by atoms with van der Waals surface area (Å²) in [6, 6.07) is 14.0. The van der Waals surface area contributed by atoms with E-state index in [1.54, 1.807) is 11.3 Å². The van der Waals surface area contributed by atoms with Crippen LogP contribution in [0.5, 0.6) is 0 Å². The van der Waals surface area contributed by atoms with E-state index < -0.39 is 0 Å². The van der Waals surface area contributed by atoms with Crippen molar-refractivity contribution >= 4 is 28.9 Å². The zero-order valence-electron chi connectivity index (χ0n) is 16.1. The maximum absolute atomic E-state index is 12.6. The first kappa shape index (κ1) is 18.4. The highest BCUT2D eigenvalue weighted by Crippen LogP contribution is 2.23. The molecule has 2 aromatic heterocycles. The molecule has 0 aliphatic carbocycles. The third-order valence-electron chi connectivity index (χ3n) is 5.07. The predicted octanol–water partition coefficient (Wildman–Crippen LogP) is 4.18. The first-order valence-electron chi connectivity index (χ1n) is 9.36. The van der Waals surface area contributed by atoms with Crippen LogP contribution >= 0.6 is 11.3 Å². The second-order valence-corrected chi connectivity index (χ2v) is 7.91. The summed E-state index contributed by atoms with van der Waals surface area (Å²) in [4.78, 5) is 17.7. The zero-order valence-corrected chi connectivity index (χ0v) is 16.9. The van der Waals surface area contributed by atoms with Crippen LogP contribution in [0.2, 0.25) is 0 Å². The number of urea groups is 1. The average molecular weight is 394 g/mol. The van der Waals surface area contributed by atoms with Gasteiger partial charge >= 0.3 is 6.03 Å². The molecule has 1 N–H and O–H groups in total. The lowest BCUT2D eigenvalue weighted by molar-refractivity contribution is 0.208. The van der Waals surface area contributed by atoms with Gasteiger partial charge in [-0.05, 0) is 60.7 Å². The Labute approximate surface area is 168 Å². The summed E-state index contributed by atoms with van der Waals surface area (Å²) >= 11 is 1.66. The fourth-order valence-electron chi connectivity index (χ4n) is 3.21. The standard InChI is InChI=1S/C21H23N5OS/c1-15-5-6-17(14-16(15)2)22-21(27)26-11-9-25(10-12-26)20-8-7-18(23-24-20)19-4-3-13-28-19/h3-8,13-14H,9-12H2,1-2H3,(H,22,27). The number of piperazine rings is 1. The van der Waals surface area contributed by atoms with Crippen molar-refractivity contribution in [2.24, 2.45) is 0 Å².